The van der Waals surface area contributed by atoms with E-state index in [2.05, 4.69) is 20.6 Å². The zero-order chi connectivity index (χ0) is 21.3. The van der Waals surface area contributed by atoms with Gasteiger partial charge in [-0.2, -0.15) is 0 Å². The minimum atomic E-state index is -0.285. The lowest BCUT2D eigenvalue weighted by Crippen LogP contribution is -2.15. The van der Waals surface area contributed by atoms with Crippen molar-refractivity contribution in [2.24, 2.45) is 0 Å². The number of nitrogens with zero attached hydrogens (tertiary/aromatic N) is 4. The smallest absolute Gasteiger partial charge is 0.278 e. The molecule has 2 heterocycles. The molecule has 0 spiro atoms. The normalized spacial score (nSPS) is 10.9. The quantitative estimate of drug-likeness (QED) is 0.533. The second-order valence-corrected chi connectivity index (χ2v) is 7.34. The Bertz CT molecular complexity index is 1210. The molecule has 2 aromatic heterocycles. The Morgan fingerprint density at radius 1 is 1.07 bits per heavy atom. The van der Waals surface area contributed by atoms with Crippen molar-refractivity contribution >= 4 is 11.6 Å². The fraction of sp³-hybridized carbons (Fsp3) is 0.217. The van der Waals surface area contributed by atoms with Gasteiger partial charge in [0.05, 0.1) is 12.2 Å². The van der Waals surface area contributed by atoms with Gasteiger partial charge in [-0.05, 0) is 51.5 Å². The van der Waals surface area contributed by atoms with Crippen LogP contribution in [0.2, 0.25) is 0 Å². The first kappa shape index (κ1) is 19.6. The number of carbonyl (C=O) groups is 1. The van der Waals surface area contributed by atoms with Gasteiger partial charge in [-0.1, -0.05) is 41.1 Å². The Labute approximate surface area is 174 Å². The maximum absolute atomic E-state index is 12.7. The molecule has 0 saturated heterocycles. The molecular formula is C23H23N5O2. The van der Waals surface area contributed by atoms with Crippen LogP contribution in [-0.2, 0) is 6.54 Å². The number of nitrogens with one attached hydrogen (secondary N) is 1. The zero-order valence-corrected chi connectivity index (χ0v) is 17.4. The summed E-state index contributed by atoms with van der Waals surface area (Å²) in [5, 5.41) is 11.2. The largest absolute Gasteiger partial charge is 0.441 e. The van der Waals surface area contributed by atoms with Gasteiger partial charge < -0.3 is 9.73 Å². The number of oxazole rings is 1. The molecule has 152 valence electrons. The lowest BCUT2D eigenvalue weighted by Gasteiger charge is -2.08. The van der Waals surface area contributed by atoms with Crippen LogP contribution in [0.5, 0.6) is 0 Å². The van der Waals surface area contributed by atoms with Crippen LogP contribution in [0.4, 0.5) is 5.69 Å². The SMILES string of the molecule is Cc1ccc(NC(=O)c2nnn(Cc3nc(-c4ccccc4)oc3C)c2C)c(C)c1. The number of benzene rings is 2. The summed E-state index contributed by atoms with van der Waals surface area (Å²) in [5.41, 5.74) is 5.53. The predicted molar refractivity (Wildman–Crippen MR) is 114 cm³/mol. The lowest BCUT2D eigenvalue weighted by molar-refractivity contribution is 0.102. The molecule has 0 bridgehead atoms. The highest BCUT2D eigenvalue weighted by Crippen LogP contribution is 2.22. The molecule has 0 saturated carbocycles. The van der Waals surface area contributed by atoms with Crippen LogP contribution in [0.3, 0.4) is 0 Å². The maximum Gasteiger partial charge on any atom is 0.278 e. The van der Waals surface area contributed by atoms with Crippen LogP contribution >= 0.6 is 0 Å². The number of hydrogen-bond acceptors (Lipinski definition) is 5. The number of amides is 1. The van der Waals surface area contributed by atoms with Crippen LogP contribution in [-0.4, -0.2) is 25.9 Å². The highest BCUT2D eigenvalue weighted by atomic mass is 16.4. The van der Waals surface area contributed by atoms with E-state index in [0.717, 1.165) is 28.1 Å². The third-order valence-electron chi connectivity index (χ3n) is 5.04. The van der Waals surface area contributed by atoms with E-state index in [1.165, 1.54) is 0 Å². The van der Waals surface area contributed by atoms with E-state index < -0.39 is 0 Å². The van der Waals surface area contributed by atoms with Gasteiger partial charge in [-0.15, -0.1) is 5.10 Å². The van der Waals surface area contributed by atoms with Gasteiger partial charge in [0.2, 0.25) is 5.89 Å². The molecule has 0 radical (unpaired) electrons. The van der Waals surface area contributed by atoms with Gasteiger partial charge in [0, 0.05) is 11.3 Å². The highest BCUT2D eigenvalue weighted by Gasteiger charge is 2.19. The van der Waals surface area contributed by atoms with Gasteiger partial charge in [0.1, 0.15) is 11.5 Å². The van der Waals surface area contributed by atoms with E-state index in [1.807, 2.05) is 76.2 Å². The number of carbonyl (C=O) groups excluding carboxylic acids is 1. The van der Waals surface area contributed by atoms with Crippen molar-refractivity contribution in [1.29, 1.82) is 0 Å². The standard InChI is InChI=1S/C23H23N5O2/c1-14-10-11-19(15(2)12-14)24-22(29)21-16(3)28(27-26-21)13-20-17(4)30-23(25-20)18-8-6-5-7-9-18/h5-12H,13H2,1-4H3,(H,24,29). The minimum Gasteiger partial charge on any atom is -0.441 e. The van der Waals surface area contributed by atoms with E-state index in [-0.39, 0.29) is 5.91 Å². The summed E-state index contributed by atoms with van der Waals surface area (Å²) in [4.78, 5) is 17.3. The lowest BCUT2D eigenvalue weighted by atomic mass is 10.1. The number of hydrogen-bond donors (Lipinski definition) is 1. The first-order valence-corrected chi connectivity index (χ1v) is 9.73. The third kappa shape index (κ3) is 3.87. The molecule has 7 nitrogen and oxygen atoms in total. The second kappa shape index (κ2) is 7.94. The van der Waals surface area contributed by atoms with Crippen molar-refractivity contribution < 1.29 is 9.21 Å². The Morgan fingerprint density at radius 3 is 2.57 bits per heavy atom. The number of aromatic nitrogens is 4. The van der Waals surface area contributed by atoms with Crippen LogP contribution < -0.4 is 5.32 Å². The molecule has 0 fully saturated rings. The number of rotatable bonds is 5. The summed E-state index contributed by atoms with van der Waals surface area (Å²) in [6.45, 7) is 8.05. The number of aryl methyl sites for hydroxylation is 3. The summed E-state index contributed by atoms with van der Waals surface area (Å²) < 4.78 is 7.48. The molecular weight excluding hydrogens is 378 g/mol. The average molecular weight is 401 g/mol. The van der Waals surface area contributed by atoms with Gasteiger partial charge in [-0.25, -0.2) is 9.67 Å². The highest BCUT2D eigenvalue weighted by molar-refractivity contribution is 6.03. The third-order valence-corrected chi connectivity index (χ3v) is 5.04. The van der Waals surface area contributed by atoms with Crippen molar-refractivity contribution in [2.75, 3.05) is 5.32 Å². The summed E-state index contributed by atoms with van der Waals surface area (Å²) in [5.74, 6) is 0.992. The molecule has 0 unspecified atom stereocenters. The fourth-order valence-electron chi connectivity index (χ4n) is 3.28. The molecule has 1 amide bonds. The Hall–Kier alpha value is -3.74. The van der Waals surface area contributed by atoms with Crippen LogP contribution in [0.15, 0.2) is 52.9 Å². The van der Waals surface area contributed by atoms with Gasteiger partial charge >= 0.3 is 0 Å². The van der Waals surface area contributed by atoms with Gasteiger partial charge in [0.25, 0.3) is 5.91 Å². The molecule has 1 N–H and O–H groups in total. The topological polar surface area (TPSA) is 85.8 Å². The molecule has 7 heteroatoms. The molecule has 2 aromatic carbocycles. The van der Waals surface area contributed by atoms with Crippen LogP contribution in [0.1, 0.15) is 38.8 Å². The summed E-state index contributed by atoms with van der Waals surface area (Å²) in [6.07, 6.45) is 0. The molecule has 0 aliphatic carbocycles. The average Bonchev–Trinajstić information content (AvgIpc) is 3.28. The van der Waals surface area contributed by atoms with Crippen molar-refractivity contribution in [1.82, 2.24) is 20.0 Å². The van der Waals surface area contributed by atoms with E-state index in [0.29, 0.717) is 29.6 Å². The number of anilines is 1. The van der Waals surface area contributed by atoms with Crippen LogP contribution in [0.25, 0.3) is 11.5 Å². The Balaban J connectivity index is 1.54. The van der Waals surface area contributed by atoms with E-state index in [9.17, 15) is 4.79 Å². The molecule has 0 aliphatic heterocycles. The van der Waals surface area contributed by atoms with Crippen LogP contribution in [0, 0.1) is 27.7 Å². The Kier molecular flexibility index (Phi) is 5.18. The zero-order valence-electron chi connectivity index (χ0n) is 17.4. The maximum atomic E-state index is 12.7. The molecule has 0 atom stereocenters. The molecule has 4 rings (SSSR count). The summed E-state index contributed by atoms with van der Waals surface area (Å²) in [6, 6.07) is 15.6. The molecule has 30 heavy (non-hydrogen) atoms. The summed E-state index contributed by atoms with van der Waals surface area (Å²) in [7, 11) is 0. The van der Waals surface area contributed by atoms with Crippen molar-refractivity contribution in [3.63, 3.8) is 0 Å². The Morgan fingerprint density at radius 2 is 1.83 bits per heavy atom. The fourth-order valence-corrected chi connectivity index (χ4v) is 3.28. The minimum absolute atomic E-state index is 0.285. The second-order valence-electron chi connectivity index (χ2n) is 7.34. The molecule has 0 aliphatic rings. The molecule has 4 aromatic rings. The van der Waals surface area contributed by atoms with Crippen molar-refractivity contribution in [2.45, 2.75) is 34.2 Å². The first-order valence-electron chi connectivity index (χ1n) is 9.73. The van der Waals surface area contributed by atoms with Crippen molar-refractivity contribution in [3.05, 3.63) is 82.5 Å². The van der Waals surface area contributed by atoms with E-state index >= 15 is 0 Å². The monoisotopic (exact) mass is 401 g/mol. The van der Waals surface area contributed by atoms with E-state index in [1.54, 1.807) is 4.68 Å². The van der Waals surface area contributed by atoms with Crippen molar-refractivity contribution in [3.8, 4) is 11.5 Å². The summed E-state index contributed by atoms with van der Waals surface area (Å²) >= 11 is 0. The predicted octanol–water partition coefficient (Wildman–Crippen LogP) is 4.47. The van der Waals surface area contributed by atoms with Gasteiger partial charge in [0.15, 0.2) is 5.69 Å². The van der Waals surface area contributed by atoms with Gasteiger partial charge in [-0.3, -0.25) is 4.79 Å². The first-order chi connectivity index (χ1) is 14.4. The van der Waals surface area contributed by atoms with E-state index in [4.69, 9.17) is 4.42 Å².